The number of nitrogens with zero attached hydrogens (tertiary/aromatic N) is 2. The van der Waals surface area contributed by atoms with E-state index in [0.717, 1.165) is 4.47 Å². The van der Waals surface area contributed by atoms with Gasteiger partial charge >= 0.3 is 11.6 Å². The average molecular weight is 469 g/mol. The van der Waals surface area contributed by atoms with Crippen molar-refractivity contribution in [3.05, 3.63) is 84.5 Å². The van der Waals surface area contributed by atoms with Crippen LogP contribution in [0.1, 0.15) is 28.5 Å². The maximum atomic E-state index is 12.6. The number of rotatable bonds is 4. The monoisotopic (exact) mass is 468 g/mol. The summed E-state index contributed by atoms with van der Waals surface area (Å²) in [6, 6.07) is 11.5. The molecule has 0 saturated heterocycles. The van der Waals surface area contributed by atoms with Crippen LogP contribution in [0.3, 0.4) is 0 Å². The van der Waals surface area contributed by atoms with E-state index in [2.05, 4.69) is 20.9 Å². The SMILES string of the molecule is CCn1c(=O)c(C)nc2cc(C(=O)OCc3cc(=O)oc4cc(Br)ccc34)ccc21. The van der Waals surface area contributed by atoms with Crippen LogP contribution in [-0.4, -0.2) is 15.5 Å². The topological polar surface area (TPSA) is 91.4 Å². The highest BCUT2D eigenvalue weighted by molar-refractivity contribution is 9.10. The zero-order chi connectivity index (χ0) is 21.4. The number of hydrogen-bond donors (Lipinski definition) is 0. The maximum absolute atomic E-state index is 12.6. The Labute approximate surface area is 179 Å². The summed E-state index contributed by atoms with van der Waals surface area (Å²) in [7, 11) is 0. The Hall–Kier alpha value is -3.26. The number of aryl methyl sites for hydroxylation is 2. The van der Waals surface area contributed by atoms with Gasteiger partial charge in [0.1, 0.15) is 17.9 Å². The minimum absolute atomic E-state index is 0.0818. The van der Waals surface area contributed by atoms with Crippen molar-refractivity contribution >= 4 is 43.9 Å². The highest BCUT2D eigenvalue weighted by Gasteiger charge is 2.14. The first kappa shape index (κ1) is 20.0. The van der Waals surface area contributed by atoms with Crippen molar-refractivity contribution in [3.8, 4) is 0 Å². The molecule has 0 aliphatic heterocycles. The van der Waals surface area contributed by atoms with Gasteiger partial charge in [-0.3, -0.25) is 4.79 Å². The molecule has 0 spiro atoms. The Kier molecular flexibility index (Phi) is 5.26. The highest BCUT2D eigenvalue weighted by Crippen LogP contribution is 2.22. The third kappa shape index (κ3) is 3.66. The van der Waals surface area contributed by atoms with Crippen LogP contribution in [0.25, 0.3) is 22.0 Å². The normalized spacial score (nSPS) is 11.2. The van der Waals surface area contributed by atoms with Crippen molar-refractivity contribution in [3.63, 3.8) is 0 Å². The van der Waals surface area contributed by atoms with Gasteiger partial charge < -0.3 is 13.7 Å². The molecule has 0 bridgehead atoms. The third-order valence-corrected chi connectivity index (χ3v) is 5.31. The van der Waals surface area contributed by atoms with E-state index >= 15 is 0 Å². The van der Waals surface area contributed by atoms with E-state index in [-0.39, 0.29) is 12.2 Å². The number of benzene rings is 2. The Bertz CT molecular complexity index is 1420. The number of fused-ring (bicyclic) bond motifs is 2. The summed E-state index contributed by atoms with van der Waals surface area (Å²) < 4.78 is 13.0. The Morgan fingerprint density at radius 3 is 2.73 bits per heavy atom. The second kappa shape index (κ2) is 7.87. The molecule has 0 aliphatic carbocycles. The highest BCUT2D eigenvalue weighted by atomic mass is 79.9. The standard InChI is InChI=1S/C22H17BrN2O5/c1-3-25-18-7-4-13(8-17(18)24-12(2)21(25)27)22(28)29-11-14-9-20(26)30-19-10-15(23)5-6-16(14)19/h4-10H,3,11H2,1-2H3. The average Bonchev–Trinajstić information content (AvgIpc) is 2.72. The first-order chi connectivity index (χ1) is 14.4. The van der Waals surface area contributed by atoms with Gasteiger partial charge in [0.25, 0.3) is 5.56 Å². The summed E-state index contributed by atoms with van der Waals surface area (Å²) in [5, 5.41) is 0.688. The number of halogens is 1. The molecule has 4 aromatic rings. The van der Waals surface area contributed by atoms with Crippen molar-refractivity contribution < 1.29 is 13.9 Å². The predicted octanol–water partition coefficient (Wildman–Crippen LogP) is 3.95. The maximum Gasteiger partial charge on any atom is 0.338 e. The molecule has 30 heavy (non-hydrogen) atoms. The summed E-state index contributed by atoms with van der Waals surface area (Å²) in [6.07, 6.45) is 0. The second-order valence-electron chi connectivity index (χ2n) is 6.76. The fraction of sp³-hybridized carbons (Fsp3) is 0.182. The minimum atomic E-state index is -0.552. The van der Waals surface area contributed by atoms with E-state index in [1.807, 2.05) is 13.0 Å². The van der Waals surface area contributed by atoms with Crippen molar-refractivity contribution in [2.75, 3.05) is 0 Å². The van der Waals surface area contributed by atoms with Crippen LogP contribution < -0.4 is 11.2 Å². The lowest BCUT2D eigenvalue weighted by atomic mass is 10.1. The second-order valence-corrected chi connectivity index (χ2v) is 7.67. The van der Waals surface area contributed by atoms with Crippen LogP contribution in [0.5, 0.6) is 0 Å². The van der Waals surface area contributed by atoms with Crippen molar-refractivity contribution in [2.24, 2.45) is 0 Å². The van der Waals surface area contributed by atoms with Crippen LogP contribution in [-0.2, 0) is 17.9 Å². The first-order valence-corrected chi connectivity index (χ1v) is 10.1. The van der Waals surface area contributed by atoms with Gasteiger partial charge in [0.15, 0.2) is 0 Å². The lowest BCUT2D eigenvalue weighted by Gasteiger charge is -2.11. The molecule has 8 heteroatoms. The number of aromatic nitrogens is 2. The van der Waals surface area contributed by atoms with E-state index in [9.17, 15) is 14.4 Å². The molecule has 2 heterocycles. The Morgan fingerprint density at radius 1 is 1.17 bits per heavy atom. The molecular weight excluding hydrogens is 452 g/mol. The quantitative estimate of drug-likeness (QED) is 0.332. The minimum Gasteiger partial charge on any atom is -0.457 e. The number of ether oxygens (including phenoxy) is 1. The lowest BCUT2D eigenvalue weighted by Crippen LogP contribution is -2.23. The molecule has 0 saturated carbocycles. The summed E-state index contributed by atoms with van der Waals surface area (Å²) in [5.41, 5.74) is 2.16. The van der Waals surface area contributed by atoms with Crippen LogP contribution in [0.2, 0.25) is 0 Å². The van der Waals surface area contributed by atoms with Gasteiger partial charge in [-0.2, -0.15) is 0 Å². The molecule has 0 fully saturated rings. The molecule has 7 nitrogen and oxygen atoms in total. The van der Waals surface area contributed by atoms with Gasteiger partial charge in [-0.25, -0.2) is 14.6 Å². The molecular formula is C22H17BrN2O5. The number of carbonyl (C=O) groups is 1. The van der Waals surface area contributed by atoms with Crippen LogP contribution in [0.4, 0.5) is 0 Å². The predicted molar refractivity (Wildman–Crippen MR) is 116 cm³/mol. The Morgan fingerprint density at radius 2 is 1.97 bits per heavy atom. The first-order valence-electron chi connectivity index (χ1n) is 9.28. The zero-order valence-electron chi connectivity index (χ0n) is 16.3. The molecule has 0 radical (unpaired) electrons. The van der Waals surface area contributed by atoms with E-state index in [1.54, 1.807) is 41.8 Å². The molecule has 0 amide bonds. The van der Waals surface area contributed by atoms with Crippen molar-refractivity contribution in [1.82, 2.24) is 9.55 Å². The molecule has 0 N–H and O–H groups in total. The van der Waals surface area contributed by atoms with Gasteiger partial charge in [0, 0.05) is 28.0 Å². The number of hydrogen-bond acceptors (Lipinski definition) is 6. The Balaban J connectivity index is 1.64. The van der Waals surface area contributed by atoms with Crippen LogP contribution >= 0.6 is 15.9 Å². The van der Waals surface area contributed by atoms with Crippen molar-refractivity contribution in [2.45, 2.75) is 27.0 Å². The third-order valence-electron chi connectivity index (χ3n) is 4.81. The number of carbonyl (C=O) groups excluding carboxylic acids is 1. The summed E-state index contributed by atoms with van der Waals surface area (Å²) in [6.45, 7) is 3.94. The molecule has 0 aliphatic rings. The molecule has 0 atom stereocenters. The molecule has 4 rings (SSSR count). The van der Waals surface area contributed by atoms with E-state index in [1.165, 1.54) is 6.07 Å². The van der Waals surface area contributed by atoms with Gasteiger partial charge in [-0.15, -0.1) is 0 Å². The van der Waals surface area contributed by atoms with Crippen molar-refractivity contribution in [1.29, 1.82) is 0 Å². The zero-order valence-corrected chi connectivity index (χ0v) is 17.9. The summed E-state index contributed by atoms with van der Waals surface area (Å²) in [4.78, 5) is 41.0. The van der Waals surface area contributed by atoms with E-state index in [0.29, 0.717) is 45.4 Å². The summed E-state index contributed by atoms with van der Waals surface area (Å²) in [5.74, 6) is -0.552. The molecule has 2 aromatic carbocycles. The summed E-state index contributed by atoms with van der Waals surface area (Å²) >= 11 is 3.34. The molecule has 0 unspecified atom stereocenters. The molecule has 2 aromatic heterocycles. The fourth-order valence-electron chi connectivity index (χ4n) is 3.37. The van der Waals surface area contributed by atoms with E-state index < -0.39 is 11.6 Å². The smallest absolute Gasteiger partial charge is 0.338 e. The van der Waals surface area contributed by atoms with Crippen LogP contribution in [0.15, 0.2) is 60.9 Å². The van der Waals surface area contributed by atoms with Crippen LogP contribution in [0, 0.1) is 6.92 Å². The van der Waals surface area contributed by atoms with E-state index in [4.69, 9.17) is 9.15 Å². The van der Waals surface area contributed by atoms with Gasteiger partial charge in [-0.05, 0) is 50.2 Å². The fourth-order valence-corrected chi connectivity index (χ4v) is 3.71. The van der Waals surface area contributed by atoms with Gasteiger partial charge in [0.05, 0.1) is 16.6 Å². The van der Waals surface area contributed by atoms with Gasteiger partial charge in [-0.1, -0.05) is 15.9 Å². The van der Waals surface area contributed by atoms with Gasteiger partial charge in [0.2, 0.25) is 0 Å². The number of esters is 1. The molecule has 152 valence electrons. The largest absolute Gasteiger partial charge is 0.457 e. The lowest BCUT2D eigenvalue weighted by molar-refractivity contribution is 0.0474.